The van der Waals surface area contributed by atoms with Crippen LogP contribution < -0.4 is 4.74 Å². The van der Waals surface area contributed by atoms with Gasteiger partial charge >= 0.3 is 0 Å². The number of hydrogen-bond donors (Lipinski definition) is 0. The third-order valence-corrected chi connectivity index (χ3v) is 4.37. The lowest BCUT2D eigenvalue weighted by molar-refractivity contribution is 0.357. The van der Waals surface area contributed by atoms with Crippen molar-refractivity contribution in [2.75, 3.05) is 6.61 Å². The molecule has 1 fully saturated rings. The summed E-state index contributed by atoms with van der Waals surface area (Å²) < 4.78 is 5.62. The molecule has 1 nitrogen and oxygen atoms in total. The number of benzene rings is 1. The molecule has 1 aromatic rings. The summed E-state index contributed by atoms with van der Waals surface area (Å²) in [6, 6.07) is 6.48. The van der Waals surface area contributed by atoms with Crippen LogP contribution in [0.3, 0.4) is 0 Å². The Hall–Kier alpha value is -1.24. The summed E-state index contributed by atoms with van der Waals surface area (Å²) >= 11 is 0. The van der Waals surface area contributed by atoms with E-state index in [-0.39, 0.29) is 0 Å². The van der Waals surface area contributed by atoms with Gasteiger partial charge in [-0.15, -0.1) is 0 Å². The Morgan fingerprint density at radius 1 is 1.50 bits per heavy atom. The summed E-state index contributed by atoms with van der Waals surface area (Å²) in [6.45, 7) is 9.46. The lowest BCUT2D eigenvalue weighted by atomic mass is 9.92. The molecular weight excluding hydrogens is 196 g/mol. The fraction of sp³-hybridized carbons (Fsp3) is 0.467. The third kappa shape index (κ3) is 1.24. The minimum atomic E-state index is 0.331. The highest BCUT2D eigenvalue weighted by molar-refractivity contribution is 5.49. The second-order valence-corrected chi connectivity index (χ2v) is 5.38. The summed E-state index contributed by atoms with van der Waals surface area (Å²) in [7, 11) is 0. The smallest absolute Gasteiger partial charge is 0.122 e. The van der Waals surface area contributed by atoms with Crippen LogP contribution in [0, 0.1) is 5.41 Å². The van der Waals surface area contributed by atoms with Gasteiger partial charge in [0.2, 0.25) is 0 Å². The van der Waals surface area contributed by atoms with E-state index in [9.17, 15) is 0 Å². The van der Waals surface area contributed by atoms with Gasteiger partial charge in [0.15, 0.2) is 0 Å². The Morgan fingerprint density at radius 3 is 3.00 bits per heavy atom. The van der Waals surface area contributed by atoms with E-state index >= 15 is 0 Å². The first-order chi connectivity index (χ1) is 7.63. The lowest BCUT2D eigenvalue weighted by Gasteiger charge is -2.13. The Balaban J connectivity index is 1.99. The molecule has 1 aliphatic carbocycles. The normalized spacial score (nSPS) is 30.8. The molecule has 1 heteroatoms. The largest absolute Gasteiger partial charge is 0.493 e. The third-order valence-electron chi connectivity index (χ3n) is 4.37. The topological polar surface area (TPSA) is 9.23 Å². The van der Waals surface area contributed by atoms with E-state index < -0.39 is 0 Å². The van der Waals surface area contributed by atoms with Crippen LogP contribution in [-0.2, 0) is 6.42 Å². The van der Waals surface area contributed by atoms with Gasteiger partial charge < -0.3 is 4.74 Å². The maximum atomic E-state index is 5.62. The number of ether oxygens (including phenoxy) is 1. The molecule has 2 unspecified atom stereocenters. The number of rotatable bonds is 2. The van der Waals surface area contributed by atoms with Crippen LogP contribution in [0.25, 0.3) is 0 Å². The molecule has 1 aromatic carbocycles. The van der Waals surface area contributed by atoms with Crippen LogP contribution in [0.4, 0.5) is 0 Å². The standard InChI is InChI=1S/C15H18O/c1-10(2)15(3)9-13(15)11-5-4-6-14-12(11)7-8-16-14/h4-6,13H,1,7-9H2,2-3H3. The fourth-order valence-corrected chi connectivity index (χ4v) is 2.86. The average Bonchev–Trinajstić information content (AvgIpc) is 2.75. The van der Waals surface area contributed by atoms with Crippen molar-refractivity contribution in [1.29, 1.82) is 0 Å². The van der Waals surface area contributed by atoms with Crippen LogP contribution >= 0.6 is 0 Å². The Bertz CT molecular complexity index is 461. The molecular formula is C15H18O. The number of allylic oxidation sites excluding steroid dienone is 1. The molecule has 1 heterocycles. The van der Waals surface area contributed by atoms with Gasteiger partial charge in [-0.2, -0.15) is 0 Å². The first-order valence-electron chi connectivity index (χ1n) is 6.03. The van der Waals surface area contributed by atoms with Crippen molar-refractivity contribution in [1.82, 2.24) is 0 Å². The summed E-state index contributed by atoms with van der Waals surface area (Å²) in [5.74, 6) is 1.77. The van der Waals surface area contributed by atoms with Crippen molar-refractivity contribution >= 4 is 0 Å². The van der Waals surface area contributed by atoms with E-state index in [0.717, 1.165) is 18.8 Å². The molecule has 3 rings (SSSR count). The lowest BCUT2D eigenvalue weighted by Crippen LogP contribution is -2.00. The summed E-state index contributed by atoms with van der Waals surface area (Å²) in [6.07, 6.45) is 2.33. The van der Waals surface area contributed by atoms with Gasteiger partial charge in [-0.25, -0.2) is 0 Å². The average molecular weight is 214 g/mol. The molecule has 1 saturated carbocycles. The van der Waals surface area contributed by atoms with Crippen molar-refractivity contribution in [2.24, 2.45) is 5.41 Å². The maximum Gasteiger partial charge on any atom is 0.122 e. The van der Waals surface area contributed by atoms with Crippen molar-refractivity contribution in [3.63, 3.8) is 0 Å². The van der Waals surface area contributed by atoms with E-state index in [4.69, 9.17) is 4.74 Å². The SMILES string of the molecule is C=C(C)C1(C)CC1c1cccc2c1CCO2. The van der Waals surface area contributed by atoms with Crippen molar-refractivity contribution in [3.8, 4) is 5.75 Å². The van der Waals surface area contributed by atoms with Crippen LogP contribution in [0.15, 0.2) is 30.4 Å². The Morgan fingerprint density at radius 2 is 2.31 bits per heavy atom. The van der Waals surface area contributed by atoms with Gasteiger partial charge in [-0.1, -0.05) is 31.2 Å². The van der Waals surface area contributed by atoms with Gasteiger partial charge in [-0.3, -0.25) is 0 Å². The highest BCUT2D eigenvalue weighted by Crippen LogP contribution is 2.64. The number of hydrogen-bond acceptors (Lipinski definition) is 1. The van der Waals surface area contributed by atoms with E-state index in [1.54, 1.807) is 0 Å². The molecule has 16 heavy (non-hydrogen) atoms. The first-order valence-corrected chi connectivity index (χ1v) is 6.03. The number of fused-ring (bicyclic) bond motifs is 1. The van der Waals surface area contributed by atoms with Gasteiger partial charge in [0.1, 0.15) is 5.75 Å². The summed E-state index contributed by atoms with van der Waals surface area (Å²) in [5.41, 5.74) is 4.59. The van der Waals surface area contributed by atoms with Gasteiger partial charge in [0.05, 0.1) is 6.61 Å². The van der Waals surface area contributed by atoms with Crippen LogP contribution in [0.1, 0.15) is 37.3 Å². The zero-order chi connectivity index (χ0) is 11.3. The highest BCUT2D eigenvalue weighted by atomic mass is 16.5. The molecule has 0 N–H and O–H groups in total. The van der Waals surface area contributed by atoms with E-state index in [0.29, 0.717) is 11.3 Å². The minimum Gasteiger partial charge on any atom is -0.493 e. The zero-order valence-corrected chi connectivity index (χ0v) is 10.0. The molecule has 0 bridgehead atoms. The Kier molecular flexibility index (Phi) is 1.95. The van der Waals surface area contributed by atoms with Crippen molar-refractivity contribution < 1.29 is 4.74 Å². The molecule has 84 valence electrons. The quantitative estimate of drug-likeness (QED) is 0.682. The van der Waals surface area contributed by atoms with Crippen LogP contribution in [0.2, 0.25) is 0 Å². The molecule has 0 amide bonds. The maximum absolute atomic E-state index is 5.62. The summed E-state index contributed by atoms with van der Waals surface area (Å²) in [5, 5.41) is 0. The molecule has 0 aromatic heterocycles. The Labute approximate surface area is 97.1 Å². The van der Waals surface area contributed by atoms with E-state index in [2.05, 4.69) is 38.6 Å². The second-order valence-electron chi connectivity index (χ2n) is 5.38. The predicted molar refractivity (Wildman–Crippen MR) is 65.9 cm³/mol. The molecule has 0 spiro atoms. The second kappa shape index (κ2) is 3.13. The molecule has 2 atom stereocenters. The first kappa shape index (κ1) is 9.95. The molecule has 0 radical (unpaired) electrons. The van der Waals surface area contributed by atoms with Crippen LogP contribution in [-0.4, -0.2) is 6.61 Å². The molecule has 0 saturated heterocycles. The zero-order valence-electron chi connectivity index (χ0n) is 10.0. The fourth-order valence-electron chi connectivity index (χ4n) is 2.86. The van der Waals surface area contributed by atoms with E-state index in [1.165, 1.54) is 23.1 Å². The van der Waals surface area contributed by atoms with Crippen LogP contribution in [0.5, 0.6) is 5.75 Å². The van der Waals surface area contributed by atoms with Gasteiger partial charge in [0.25, 0.3) is 0 Å². The van der Waals surface area contributed by atoms with Crippen molar-refractivity contribution in [3.05, 3.63) is 41.5 Å². The van der Waals surface area contributed by atoms with Gasteiger partial charge in [0, 0.05) is 12.0 Å². The van der Waals surface area contributed by atoms with Crippen molar-refractivity contribution in [2.45, 2.75) is 32.6 Å². The van der Waals surface area contributed by atoms with Gasteiger partial charge in [-0.05, 0) is 36.3 Å². The predicted octanol–water partition coefficient (Wildman–Crippen LogP) is 3.69. The monoisotopic (exact) mass is 214 g/mol. The highest BCUT2D eigenvalue weighted by Gasteiger charge is 2.52. The van der Waals surface area contributed by atoms with E-state index in [1.807, 2.05) is 0 Å². The molecule has 2 aliphatic rings. The minimum absolute atomic E-state index is 0.331. The summed E-state index contributed by atoms with van der Waals surface area (Å²) in [4.78, 5) is 0. The molecule has 1 aliphatic heterocycles.